The Morgan fingerprint density at radius 1 is 1.20 bits per heavy atom. The highest BCUT2D eigenvalue weighted by Crippen LogP contribution is 2.41. The largest absolute Gasteiger partial charge is 0.383 e. The van der Waals surface area contributed by atoms with Crippen LogP contribution in [0.3, 0.4) is 0 Å². The Morgan fingerprint density at radius 3 is 2.69 bits per heavy atom. The maximum Gasteiger partial charge on any atom is 0.233 e. The van der Waals surface area contributed by atoms with E-state index in [-0.39, 0.29) is 18.3 Å². The second-order valence-corrected chi connectivity index (χ2v) is 11.7. The van der Waals surface area contributed by atoms with Gasteiger partial charge in [-0.3, -0.25) is 14.5 Å². The van der Waals surface area contributed by atoms with E-state index in [1.165, 1.54) is 0 Å². The first-order valence-corrected chi connectivity index (χ1v) is 14.1. The standard InChI is InChI=1S/C24H25BrN6O3S/c1-35(33,34)30-20(32)10-14-6-8-15(9-7-14)22-21(25)23(26)31-24(29-22)18(13-28-31)17-11-16-4-2-3-5-19(16)27-12-17/h2-5,11-15H,6-10,26H2,1H3,(H,30,32)/t14-,15+. The van der Waals surface area contributed by atoms with Gasteiger partial charge in [0.25, 0.3) is 0 Å². The number of nitrogen functional groups attached to an aromatic ring is 1. The fourth-order valence-electron chi connectivity index (χ4n) is 4.86. The molecular formula is C24H25BrN6O3S. The molecule has 1 saturated carbocycles. The number of rotatable bonds is 5. The molecule has 1 aliphatic carbocycles. The molecule has 182 valence electrons. The van der Waals surface area contributed by atoms with Gasteiger partial charge >= 0.3 is 0 Å². The predicted octanol–water partition coefficient (Wildman–Crippen LogP) is 4.03. The molecule has 0 bridgehead atoms. The topological polar surface area (TPSA) is 132 Å². The first-order valence-electron chi connectivity index (χ1n) is 11.4. The zero-order valence-corrected chi connectivity index (χ0v) is 21.5. The van der Waals surface area contributed by atoms with Gasteiger partial charge in [0.15, 0.2) is 5.65 Å². The van der Waals surface area contributed by atoms with Crippen molar-refractivity contribution in [2.24, 2.45) is 5.92 Å². The Labute approximate surface area is 211 Å². The van der Waals surface area contributed by atoms with Crippen molar-refractivity contribution in [1.29, 1.82) is 0 Å². The number of para-hydroxylation sites is 1. The van der Waals surface area contributed by atoms with Crippen LogP contribution in [0.5, 0.6) is 0 Å². The molecule has 35 heavy (non-hydrogen) atoms. The maximum atomic E-state index is 12.0. The van der Waals surface area contributed by atoms with Crippen LogP contribution in [0.25, 0.3) is 27.7 Å². The monoisotopic (exact) mass is 556 g/mol. The van der Waals surface area contributed by atoms with Gasteiger partial charge in [0.05, 0.1) is 28.1 Å². The number of amides is 1. The molecule has 0 unspecified atom stereocenters. The third-order valence-corrected chi connectivity index (χ3v) is 7.97. The number of carbonyl (C=O) groups excluding carboxylic acids is 1. The Morgan fingerprint density at radius 2 is 1.94 bits per heavy atom. The van der Waals surface area contributed by atoms with Crippen molar-refractivity contribution in [2.45, 2.75) is 38.0 Å². The van der Waals surface area contributed by atoms with E-state index in [1.54, 1.807) is 10.7 Å². The van der Waals surface area contributed by atoms with Crippen molar-refractivity contribution in [3.8, 4) is 11.1 Å². The van der Waals surface area contributed by atoms with Gasteiger partial charge < -0.3 is 5.73 Å². The third-order valence-electron chi connectivity index (χ3n) is 6.56. The number of benzene rings is 1. The summed E-state index contributed by atoms with van der Waals surface area (Å²) in [6.07, 6.45) is 8.06. The minimum absolute atomic E-state index is 0.141. The molecule has 0 aliphatic heterocycles. The van der Waals surface area contributed by atoms with Gasteiger partial charge in [0.2, 0.25) is 15.9 Å². The minimum Gasteiger partial charge on any atom is -0.383 e. The lowest BCUT2D eigenvalue weighted by atomic mass is 9.79. The summed E-state index contributed by atoms with van der Waals surface area (Å²) in [5.74, 6) is 0.346. The quantitative estimate of drug-likeness (QED) is 0.379. The first-order chi connectivity index (χ1) is 16.7. The summed E-state index contributed by atoms with van der Waals surface area (Å²) in [6.45, 7) is 0. The predicted molar refractivity (Wildman–Crippen MR) is 138 cm³/mol. The van der Waals surface area contributed by atoms with E-state index in [1.807, 2.05) is 30.5 Å². The molecule has 9 nitrogen and oxygen atoms in total. The number of fused-ring (bicyclic) bond motifs is 2. The smallest absolute Gasteiger partial charge is 0.233 e. The Bertz CT molecular complexity index is 1540. The molecule has 1 fully saturated rings. The van der Waals surface area contributed by atoms with E-state index >= 15 is 0 Å². The second kappa shape index (κ2) is 9.19. The molecule has 11 heteroatoms. The van der Waals surface area contributed by atoms with Crippen LogP contribution in [-0.2, 0) is 14.8 Å². The van der Waals surface area contributed by atoms with Gasteiger partial charge in [-0.2, -0.15) is 9.61 Å². The molecule has 0 radical (unpaired) electrons. The summed E-state index contributed by atoms with van der Waals surface area (Å²) in [7, 11) is -3.54. The zero-order valence-electron chi connectivity index (χ0n) is 19.1. The highest BCUT2D eigenvalue weighted by atomic mass is 79.9. The lowest BCUT2D eigenvalue weighted by molar-refractivity contribution is -0.120. The minimum atomic E-state index is -3.54. The molecule has 5 rings (SSSR count). The van der Waals surface area contributed by atoms with Crippen LogP contribution in [0.2, 0.25) is 0 Å². The van der Waals surface area contributed by atoms with Crippen LogP contribution in [0.1, 0.15) is 43.7 Å². The Balaban J connectivity index is 1.41. The number of aromatic nitrogens is 4. The molecule has 3 heterocycles. The number of nitrogens with one attached hydrogen (secondary N) is 1. The van der Waals surface area contributed by atoms with Crippen LogP contribution in [0.15, 0.2) is 47.2 Å². The number of halogens is 1. The van der Waals surface area contributed by atoms with E-state index in [4.69, 9.17) is 10.7 Å². The SMILES string of the molecule is CS(=O)(=O)NC(=O)C[C@H]1CC[C@@H](c2nc3c(-c4cnc5ccccc5c4)cnn3c(N)c2Br)CC1. The fraction of sp³-hybridized carbons (Fsp3) is 0.333. The van der Waals surface area contributed by atoms with Crippen molar-refractivity contribution in [2.75, 3.05) is 12.0 Å². The van der Waals surface area contributed by atoms with E-state index in [2.05, 4.69) is 36.8 Å². The average Bonchev–Trinajstić information content (AvgIpc) is 3.24. The number of pyridine rings is 1. The molecule has 0 spiro atoms. The van der Waals surface area contributed by atoms with Gasteiger partial charge in [0, 0.05) is 35.0 Å². The lowest BCUT2D eigenvalue weighted by Crippen LogP contribution is -2.31. The number of nitrogens with two attached hydrogens (primary N) is 1. The van der Waals surface area contributed by atoms with Crippen LogP contribution in [0, 0.1) is 5.92 Å². The molecule has 3 aromatic heterocycles. The highest BCUT2D eigenvalue weighted by Gasteiger charge is 2.28. The number of hydrogen-bond donors (Lipinski definition) is 2. The van der Waals surface area contributed by atoms with Gasteiger partial charge in [-0.15, -0.1) is 0 Å². The fourth-order valence-corrected chi connectivity index (χ4v) is 5.93. The first kappa shape index (κ1) is 23.7. The number of anilines is 1. The molecule has 3 N–H and O–H groups in total. The third kappa shape index (κ3) is 4.87. The van der Waals surface area contributed by atoms with Gasteiger partial charge in [0.1, 0.15) is 5.82 Å². The summed E-state index contributed by atoms with van der Waals surface area (Å²) >= 11 is 3.63. The van der Waals surface area contributed by atoms with Crippen molar-refractivity contribution in [3.63, 3.8) is 0 Å². The molecule has 1 amide bonds. The van der Waals surface area contributed by atoms with E-state index < -0.39 is 15.9 Å². The van der Waals surface area contributed by atoms with Crippen molar-refractivity contribution in [1.82, 2.24) is 24.3 Å². The maximum absolute atomic E-state index is 12.0. The summed E-state index contributed by atoms with van der Waals surface area (Å²) in [5.41, 5.74) is 10.7. The summed E-state index contributed by atoms with van der Waals surface area (Å²) < 4.78 is 27.0. The normalized spacial score (nSPS) is 18.7. The number of sulfonamides is 1. The van der Waals surface area contributed by atoms with Crippen LogP contribution < -0.4 is 10.5 Å². The van der Waals surface area contributed by atoms with Gasteiger partial charge in [-0.05, 0) is 59.7 Å². The van der Waals surface area contributed by atoms with Gasteiger partial charge in [-0.25, -0.2) is 13.4 Å². The average molecular weight is 557 g/mol. The molecule has 1 aromatic carbocycles. The number of nitrogens with zero attached hydrogens (tertiary/aromatic N) is 4. The zero-order chi connectivity index (χ0) is 24.7. The Kier molecular flexibility index (Phi) is 6.22. The summed E-state index contributed by atoms with van der Waals surface area (Å²) in [5, 5.41) is 5.51. The number of carbonyl (C=O) groups is 1. The Hall–Kier alpha value is -3.05. The molecule has 1 aliphatic rings. The van der Waals surface area contributed by atoms with Crippen LogP contribution in [-0.4, -0.2) is 40.2 Å². The van der Waals surface area contributed by atoms with Crippen LogP contribution >= 0.6 is 15.9 Å². The van der Waals surface area contributed by atoms with Gasteiger partial charge in [-0.1, -0.05) is 18.2 Å². The van der Waals surface area contributed by atoms with E-state index in [0.717, 1.165) is 64.1 Å². The molecule has 0 atom stereocenters. The molecule has 0 saturated heterocycles. The van der Waals surface area contributed by atoms with E-state index in [0.29, 0.717) is 11.5 Å². The summed E-state index contributed by atoms with van der Waals surface area (Å²) in [4.78, 5) is 21.6. The lowest BCUT2D eigenvalue weighted by Gasteiger charge is -2.28. The van der Waals surface area contributed by atoms with E-state index in [9.17, 15) is 13.2 Å². The second-order valence-electron chi connectivity index (χ2n) is 9.13. The highest BCUT2D eigenvalue weighted by molar-refractivity contribution is 9.10. The van der Waals surface area contributed by atoms with Crippen molar-refractivity contribution in [3.05, 3.63) is 52.9 Å². The molecular weight excluding hydrogens is 532 g/mol. The van der Waals surface area contributed by atoms with Crippen molar-refractivity contribution >= 4 is 54.2 Å². The molecule has 4 aromatic rings. The van der Waals surface area contributed by atoms with Crippen molar-refractivity contribution < 1.29 is 13.2 Å². The van der Waals surface area contributed by atoms with Crippen LogP contribution in [0.4, 0.5) is 5.82 Å². The summed E-state index contributed by atoms with van der Waals surface area (Å²) in [6, 6.07) is 10.0. The number of hydrogen-bond acceptors (Lipinski definition) is 7.